The molecule has 0 atom stereocenters. The van der Waals surface area contributed by atoms with E-state index in [9.17, 15) is 9.59 Å². The molecule has 0 fully saturated rings. The van der Waals surface area contributed by atoms with Crippen molar-refractivity contribution in [1.29, 1.82) is 0 Å². The molecule has 0 aliphatic carbocycles. The van der Waals surface area contributed by atoms with Crippen molar-refractivity contribution in [3.05, 3.63) is 54.1 Å². The van der Waals surface area contributed by atoms with Crippen LogP contribution in [0.2, 0.25) is 0 Å². The maximum atomic E-state index is 11.9. The lowest BCUT2D eigenvalue weighted by Gasteiger charge is -2.17. The van der Waals surface area contributed by atoms with Gasteiger partial charge in [-0.05, 0) is 43.7 Å². The highest BCUT2D eigenvalue weighted by atomic mass is 16.6. The summed E-state index contributed by atoms with van der Waals surface area (Å²) in [5, 5.41) is 11.8. The standard InChI is InChI=1S/C17H18N2O4/c1-3-19(17(21)22)14-8-5-9-15(11-14)23-16(20)18-13-7-4-6-12(2)10-13/h4-11H,3H2,1-2H3,(H,18,20)(H,21,22). The van der Waals surface area contributed by atoms with Gasteiger partial charge in [0.15, 0.2) is 0 Å². The summed E-state index contributed by atoms with van der Waals surface area (Å²) >= 11 is 0. The molecule has 2 N–H and O–H groups in total. The van der Waals surface area contributed by atoms with Crippen LogP contribution in [0.15, 0.2) is 48.5 Å². The van der Waals surface area contributed by atoms with E-state index < -0.39 is 12.2 Å². The highest BCUT2D eigenvalue weighted by molar-refractivity contribution is 5.88. The number of nitrogens with one attached hydrogen (secondary N) is 1. The molecule has 0 unspecified atom stereocenters. The zero-order chi connectivity index (χ0) is 16.8. The molecule has 120 valence electrons. The van der Waals surface area contributed by atoms with E-state index in [4.69, 9.17) is 9.84 Å². The number of rotatable bonds is 4. The Labute approximate surface area is 134 Å². The van der Waals surface area contributed by atoms with Crippen LogP contribution in [0.1, 0.15) is 12.5 Å². The fraction of sp³-hybridized carbons (Fsp3) is 0.176. The summed E-state index contributed by atoms with van der Waals surface area (Å²) < 4.78 is 5.20. The van der Waals surface area contributed by atoms with Crippen LogP contribution in [0.5, 0.6) is 5.75 Å². The maximum absolute atomic E-state index is 11.9. The van der Waals surface area contributed by atoms with E-state index in [1.807, 2.05) is 25.1 Å². The van der Waals surface area contributed by atoms with Crippen LogP contribution in [0, 0.1) is 6.92 Å². The number of carboxylic acid groups (broad SMARTS) is 1. The Morgan fingerprint density at radius 2 is 1.91 bits per heavy atom. The maximum Gasteiger partial charge on any atom is 0.417 e. The molecular weight excluding hydrogens is 296 g/mol. The van der Waals surface area contributed by atoms with Crippen molar-refractivity contribution < 1.29 is 19.4 Å². The van der Waals surface area contributed by atoms with Crippen molar-refractivity contribution >= 4 is 23.6 Å². The van der Waals surface area contributed by atoms with E-state index in [0.717, 1.165) is 10.5 Å². The number of benzene rings is 2. The average Bonchev–Trinajstić information content (AvgIpc) is 2.47. The molecule has 0 aliphatic heterocycles. The molecule has 0 heterocycles. The van der Waals surface area contributed by atoms with Crippen molar-refractivity contribution in [3.8, 4) is 5.75 Å². The van der Waals surface area contributed by atoms with Gasteiger partial charge in [0.2, 0.25) is 0 Å². The van der Waals surface area contributed by atoms with Crippen LogP contribution in [-0.2, 0) is 0 Å². The largest absolute Gasteiger partial charge is 0.465 e. The molecule has 2 aromatic carbocycles. The van der Waals surface area contributed by atoms with E-state index in [0.29, 0.717) is 17.9 Å². The Bertz CT molecular complexity index is 715. The fourth-order valence-corrected chi connectivity index (χ4v) is 2.12. The Hall–Kier alpha value is -3.02. The smallest absolute Gasteiger partial charge is 0.417 e. The summed E-state index contributed by atoms with van der Waals surface area (Å²) in [4.78, 5) is 24.2. The van der Waals surface area contributed by atoms with E-state index >= 15 is 0 Å². The highest BCUT2D eigenvalue weighted by Gasteiger charge is 2.13. The molecule has 0 aliphatic rings. The topological polar surface area (TPSA) is 78.9 Å². The molecular formula is C17H18N2O4. The molecule has 0 aromatic heterocycles. The number of aryl methyl sites for hydroxylation is 1. The molecule has 0 spiro atoms. The van der Waals surface area contributed by atoms with E-state index in [2.05, 4.69) is 5.32 Å². The number of carbonyl (C=O) groups is 2. The minimum atomic E-state index is -1.06. The van der Waals surface area contributed by atoms with Crippen LogP contribution in [0.4, 0.5) is 21.0 Å². The van der Waals surface area contributed by atoms with E-state index in [1.165, 1.54) is 6.07 Å². The Balaban J connectivity index is 2.08. The third-order valence-corrected chi connectivity index (χ3v) is 3.15. The fourth-order valence-electron chi connectivity index (χ4n) is 2.12. The average molecular weight is 314 g/mol. The summed E-state index contributed by atoms with van der Waals surface area (Å²) in [5.74, 6) is 0.271. The van der Waals surface area contributed by atoms with Crippen LogP contribution in [0.25, 0.3) is 0 Å². The lowest BCUT2D eigenvalue weighted by atomic mass is 10.2. The second-order valence-electron chi connectivity index (χ2n) is 4.91. The zero-order valence-electron chi connectivity index (χ0n) is 12.9. The highest BCUT2D eigenvalue weighted by Crippen LogP contribution is 2.22. The van der Waals surface area contributed by atoms with Gasteiger partial charge in [-0.2, -0.15) is 0 Å². The van der Waals surface area contributed by atoms with Gasteiger partial charge < -0.3 is 9.84 Å². The van der Waals surface area contributed by atoms with Gasteiger partial charge in [-0.25, -0.2) is 9.59 Å². The number of hydrogen-bond acceptors (Lipinski definition) is 3. The van der Waals surface area contributed by atoms with Crippen molar-refractivity contribution in [3.63, 3.8) is 0 Å². The molecule has 23 heavy (non-hydrogen) atoms. The number of ether oxygens (including phenoxy) is 1. The monoisotopic (exact) mass is 314 g/mol. The van der Waals surface area contributed by atoms with Gasteiger partial charge in [-0.15, -0.1) is 0 Å². The number of carbonyl (C=O) groups excluding carboxylic acids is 1. The third kappa shape index (κ3) is 4.47. The predicted octanol–water partition coefficient (Wildman–Crippen LogP) is 4.11. The Morgan fingerprint density at radius 3 is 2.57 bits per heavy atom. The second kappa shape index (κ2) is 7.31. The van der Waals surface area contributed by atoms with Crippen molar-refractivity contribution in [2.24, 2.45) is 0 Å². The zero-order valence-corrected chi connectivity index (χ0v) is 12.9. The number of amides is 2. The Morgan fingerprint density at radius 1 is 1.17 bits per heavy atom. The van der Waals surface area contributed by atoms with Gasteiger partial charge >= 0.3 is 12.2 Å². The number of nitrogens with zero attached hydrogens (tertiary/aromatic N) is 1. The minimum Gasteiger partial charge on any atom is -0.465 e. The van der Waals surface area contributed by atoms with Gasteiger partial charge in [0.25, 0.3) is 0 Å². The Kier molecular flexibility index (Phi) is 5.19. The predicted molar refractivity (Wildman–Crippen MR) is 88.3 cm³/mol. The second-order valence-corrected chi connectivity index (χ2v) is 4.91. The van der Waals surface area contributed by atoms with Crippen molar-refractivity contribution in [2.45, 2.75) is 13.8 Å². The summed E-state index contributed by atoms with van der Waals surface area (Å²) in [6.45, 7) is 3.95. The minimum absolute atomic E-state index is 0.271. The molecule has 0 bridgehead atoms. The van der Waals surface area contributed by atoms with Gasteiger partial charge in [0.1, 0.15) is 5.75 Å². The first-order valence-corrected chi connectivity index (χ1v) is 7.15. The number of anilines is 2. The van der Waals surface area contributed by atoms with Crippen molar-refractivity contribution in [1.82, 2.24) is 0 Å². The molecule has 2 aromatic rings. The SMILES string of the molecule is CCN(C(=O)O)c1cccc(OC(=O)Nc2cccc(C)c2)c1. The summed E-state index contributed by atoms with van der Waals surface area (Å²) in [5.41, 5.74) is 2.09. The normalized spacial score (nSPS) is 10.0. The summed E-state index contributed by atoms with van der Waals surface area (Å²) in [7, 11) is 0. The molecule has 6 nitrogen and oxygen atoms in total. The molecule has 0 saturated carbocycles. The number of hydrogen-bond donors (Lipinski definition) is 2. The van der Waals surface area contributed by atoms with Gasteiger partial charge in [0.05, 0.1) is 5.69 Å². The van der Waals surface area contributed by atoms with Crippen LogP contribution < -0.4 is 15.0 Å². The van der Waals surface area contributed by atoms with Crippen LogP contribution >= 0.6 is 0 Å². The van der Waals surface area contributed by atoms with Gasteiger partial charge in [0, 0.05) is 18.3 Å². The molecule has 6 heteroatoms. The summed E-state index contributed by atoms with van der Waals surface area (Å²) in [6, 6.07) is 13.7. The molecule has 0 radical (unpaired) electrons. The summed E-state index contributed by atoms with van der Waals surface area (Å²) in [6.07, 6.45) is -1.69. The molecule has 0 saturated heterocycles. The van der Waals surface area contributed by atoms with E-state index in [-0.39, 0.29) is 5.75 Å². The van der Waals surface area contributed by atoms with Crippen LogP contribution in [0.3, 0.4) is 0 Å². The van der Waals surface area contributed by atoms with E-state index in [1.54, 1.807) is 31.2 Å². The lowest BCUT2D eigenvalue weighted by Crippen LogP contribution is -2.28. The first-order valence-electron chi connectivity index (χ1n) is 7.15. The molecule has 2 rings (SSSR count). The third-order valence-electron chi connectivity index (χ3n) is 3.15. The van der Waals surface area contributed by atoms with Crippen LogP contribution in [-0.4, -0.2) is 23.8 Å². The lowest BCUT2D eigenvalue weighted by molar-refractivity contribution is 0.202. The first-order chi connectivity index (χ1) is 11.0. The molecule has 2 amide bonds. The van der Waals surface area contributed by atoms with Gasteiger partial charge in [-0.1, -0.05) is 18.2 Å². The first kappa shape index (κ1) is 16.4. The quantitative estimate of drug-likeness (QED) is 0.890. The van der Waals surface area contributed by atoms with Gasteiger partial charge in [-0.3, -0.25) is 10.2 Å². The van der Waals surface area contributed by atoms with Crippen molar-refractivity contribution in [2.75, 3.05) is 16.8 Å².